The zero-order chi connectivity index (χ0) is 16.0. The van der Waals surface area contributed by atoms with Gasteiger partial charge in [-0.15, -0.1) is 0 Å². The summed E-state index contributed by atoms with van der Waals surface area (Å²) >= 11 is 0. The summed E-state index contributed by atoms with van der Waals surface area (Å²) in [5.41, 5.74) is 1.11. The van der Waals surface area contributed by atoms with Crippen LogP contribution in [0.4, 0.5) is 0 Å². The number of hydrogen-bond donors (Lipinski definition) is 0. The second-order valence-electron chi connectivity index (χ2n) is 6.33. The SMILES string of the molecule is COc1c(OCCCC(=O)N(C)C)cccc1C(C)(C)C. The minimum Gasteiger partial charge on any atom is -0.493 e. The van der Waals surface area contributed by atoms with Gasteiger partial charge in [-0.05, 0) is 17.9 Å². The maximum atomic E-state index is 11.5. The van der Waals surface area contributed by atoms with E-state index >= 15 is 0 Å². The highest BCUT2D eigenvalue weighted by Crippen LogP contribution is 2.38. The Kier molecular flexibility index (Phi) is 6.06. The lowest BCUT2D eigenvalue weighted by molar-refractivity contribution is -0.128. The average Bonchev–Trinajstić information content (AvgIpc) is 2.41. The van der Waals surface area contributed by atoms with Crippen LogP contribution in [0.1, 0.15) is 39.2 Å². The zero-order valence-electron chi connectivity index (χ0n) is 14.0. The van der Waals surface area contributed by atoms with Gasteiger partial charge in [-0.2, -0.15) is 0 Å². The molecule has 0 heterocycles. The lowest BCUT2D eigenvalue weighted by Gasteiger charge is -2.23. The van der Waals surface area contributed by atoms with Crippen molar-refractivity contribution >= 4 is 5.91 Å². The van der Waals surface area contributed by atoms with Gasteiger partial charge < -0.3 is 14.4 Å². The van der Waals surface area contributed by atoms with Crippen LogP contribution >= 0.6 is 0 Å². The number of benzene rings is 1. The van der Waals surface area contributed by atoms with Crippen molar-refractivity contribution in [2.75, 3.05) is 27.8 Å². The molecule has 0 aromatic heterocycles. The molecule has 0 aliphatic heterocycles. The summed E-state index contributed by atoms with van der Waals surface area (Å²) < 4.78 is 11.3. The molecule has 4 nitrogen and oxygen atoms in total. The van der Waals surface area contributed by atoms with Crippen LogP contribution in [-0.4, -0.2) is 38.6 Å². The van der Waals surface area contributed by atoms with Crippen LogP contribution in [-0.2, 0) is 10.2 Å². The standard InChI is InChI=1S/C17H27NO3/c1-17(2,3)13-9-7-10-14(16(13)20-6)21-12-8-11-15(19)18(4)5/h7,9-10H,8,11-12H2,1-6H3. The summed E-state index contributed by atoms with van der Waals surface area (Å²) in [7, 11) is 5.19. The first-order valence-corrected chi connectivity index (χ1v) is 7.27. The molecule has 0 atom stereocenters. The summed E-state index contributed by atoms with van der Waals surface area (Å²) in [5, 5.41) is 0. The van der Waals surface area contributed by atoms with Gasteiger partial charge in [0.15, 0.2) is 11.5 Å². The van der Waals surface area contributed by atoms with Gasteiger partial charge in [-0.3, -0.25) is 4.79 Å². The first-order chi connectivity index (χ1) is 9.77. The molecule has 0 aliphatic rings. The molecule has 118 valence electrons. The fraction of sp³-hybridized carbons (Fsp3) is 0.588. The van der Waals surface area contributed by atoms with Crippen LogP contribution in [0.15, 0.2) is 18.2 Å². The Morgan fingerprint density at radius 1 is 1.24 bits per heavy atom. The lowest BCUT2D eigenvalue weighted by Crippen LogP contribution is -2.21. The van der Waals surface area contributed by atoms with Crippen LogP contribution in [0.3, 0.4) is 0 Å². The van der Waals surface area contributed by atoms with Gasteiger partial charge in [0.2, 0.25) is 5.91 Å². The molecule has 0 aliphatic carbocycles. The molecule has 21 heavy (non-hydrogen) atoms. The zero-order valence-corrected chi connectivity index (χ0v) is 14.0. The molecule has 1 amide bonds. The monoisotopic (exact) mass is 293 g/mol. The fourth-order valence-corrected chi connectivity index (χ4v) is 2.06. The Balaban J connectivity index is 2.70. The molecule has 0 saturated carbocycles. The third-order valence-electron chi connectivity index (χ3n) is 3.28. The number of carbonyl (C=O) groups excluding carboxylic acids is 1. The Labute approximate surface area is 128 Å². The predicted octanol–water partition coefficient (Wildman–Crippen LogP) is 3.24. The van der Waals surface area contributed by atoms with Gasteiger partial charge in [0.25, 0.3) is 0 Å². The first-order valence-electron chi connectivity index (χ1n) is 7.27. The summed E-state index contributed by atoms with van der Waals surface area (Å²) in [6, 6.07) is 5.94. The number of methoxy groups -OCH3 is 1. The maximum absolute atomic E-state index is 11.5. The summed E-state index contributed by atoms with van der Waals surface area (Å²) in [4.78, 5) is 13.1. The summed E-state index contributed by atoms with van der Waals surface area (Å²) in [6.07, 6.45) is 1.19. The minimum atomic E-state index is -0.00833. The predicted molar refractivity (Wildman–Crippen MR) is 85.1 cm³/mol. The highest BCUT2D eigenvalue weighted by Gasteiger charge is 2.21. The van der Waals surface area contributed by atoms with E-state index in [0.29, 0.717) is 19.4 Å². The van der Waals surface area contributed by atoms with E-state index in [1.807, 2.05) is 12.1 Å². The van der Waals surface area contributed by atoms with Gasteiger partial charge in [0.1, 0.15) is 0 Å². The van der Waals surface area contributed by atoms with Gasteiger partial charge in [0, 0.05) is 26.1 Å². The molecule has 4 heteroatoms. The molecule has 1 rings (SSSR count). The van der Waals surface area contributed by atoms with Crippen molar-refractivity contribution in [2.24, 2.45) is 0 Å². The van der Waals surface area contributed by atoms with Crippen molar-refractivity contribution in [2.45, 2.75) is 39.0 Å². The second kappa shape index (κ2) is 7.34. The Morgan fingerprint density at radius 3 is 2.43 bits per heavy atom. The van der Waals surface area contributed by atoms with Crippen LogP contribution in [0, 0.1) is 0 Å². The highest BCUT2D eigenvalue weighted by atomic mass is 16.5. The quantitative estimate of drug-likeness (QED) is 0.756. The fourth-order valence-electron chi connectivity index (χ4n) is 2.06. The first kappa shape index (κ1) is 17.3. The number of nitrogens with zero attached hydrogens (tertiary/aromatic N) is 1. The van der Waals surface area contributed by atoms with Crippen LogP contribution in [0.2, 0.25) is 0 Å². The van der Waals surface area contributed by atoms with Crippen LogP contribution in [0.5, 0.6) is 11.5 Å². The van der Waals surface area contributed by atoms with Crippen molar-refractivity contribution in [3.8, 4) is 11.5 Å². The largest absolute Gasteiger partial charge is 0.493 e. The minimum absolute atomic E-state index is 0.00833. The van der Waals surface area contributed by atoms with E-state index in [1.165, 1.54) is 0 Å². The van der Waals surface area contributed by atoms with Crippen molar-refractivity contribution in [3.05, 3.63) is 23.8 Å². The normalized spacial score (nSPS) is 11.1. The van der Waals surface area contributed by atoms with E-state index in [1.54, 1.807) is 26.1 Å². The molecule has 1 aromatic carbocycles. The van der Waals surface area contributed by atoms with Gasteiger partial charge in [0.05, 0.1) is 13.7 Å². The number of carbonyl (C=O) groups is 1. The summed E-state index contributed by atoms with van der Waals surface area (Å²) in [6.45, 7) is 6.93. The third kappa shape index (κ3) is 4.96. The van der Waals surface area contributed by atoms with Crippen LogP contribution in [0.25, 0.3) is 0 Å². The van der Waals surface area contributed by atoms with Crippen LogP contribution < -0.4 is 9.47 Å². The van der Waals surface area contributed by atoms with E-state index in [-0.39, 0.29) is 11.3 Å². The molecule has 0 saturated heterocycles. The third-order valence-corrected chi connectivity index (χ3v) is 3.28. The molecule has 0 unspecified atom stereocenters. The maximum Gasteiger partial charge on any atom is 0.222 e. The number of rotatable bonds is 6. The van der Waals surface area contributed by atoms with E-state index in [0.717, 1.165) is 17.1 Å². The lowest BCUT2D eigenvalue weighted by atomic mass is 9.86. The molecule has 1 aromatic rings. The average molecular weight is 293 g/mol. The van der Waals surface area contributed by atoms with Crippen molar-refractivity contribution < 1.29 is 14.3 Å². The molecule has 0 bridgehead atoms. The van der Waals surface area contributed by atoms with E-state index in [4.69, 9.17) is 9.47 Å². The highest BCUT2D eigenvalue weighted by molar-refractivity contribution is 5.75. The Hall–Kier alpha value is -1.71. The van der Waals surface area contributed by atoms with Gasteiger partial charge in [-0.25, -0.2) is 0 Å². The number of ether oxygens (including phenoxy) is 2. The van der Waals surface area contributed by atoms with Crippen molar-refractivity contribution in [3.63, 3.8) is 0 Å². The molecule has 0 spiro atoms. The van der Waals surface area contributed by atoms with E-state index < -0.39 is 0 Å². The second-order valence-corrected chi connectivity index (χ2v) is 6.33. The molecular formula is C17H27NO3. The smallest absolute Gasteiger partial charge is 0.222 e. The number of para-hydroxylation sites is 1. The topological polar surface area (TPSA) is 38.8 Å². The molecule has 0 fully saturated rings. The number of hydrogen-bond acceptors (Lipinski definition) is 3. The van der Waals surface area contributed by atoms with E-state index in [9.17, 15) is 4.79 Å². The van der Waals surface area contributed by atoms with Crippen molar-refractivity contribution in [1.82, 2.24) is 4.90 Å². The van der Waals surface area contributed by atoms with Crippen molar-refractivity contribution in [1.29, 1.82) is 0 Å². The van der Waals surface area contributed by atoms with Gasteiger partial charge >= 0.3 is 0 Å². The molecular weight excluding hydrogens is 266 g/mol. The molecule has 0 N–H and O–H groups in total. The Morgan fingerprint density at radius 2 is 1.90 bits per heavy atom. The van der Waals surface area contributed by atoms with Gasteiger partial charge in [-0.1, -0.05) is 32.9 Å². The molecule has 0 radical (unpaired) electrons. The summed E-state index contributed by atoms with van der Waals surface area (Å²) in [5.74, 6) is 1.64. The number of amides is 1. The Bertz CT molecular complexity index is 475. The van der Waals surface area contributed by atoms with E-state index in [2.05, 4.69) is 26.8 Å².